The van der Waals surface area contributed by atoms with Gasteiger partial charge in [-0.2, -0.15) is 0 Å². The highest BCUT2D eigenvalue weighted by atomic mass is 16.5. The number of hydrogen-bond acceptors (Lipinski definition) is 4. The van der Waals surface area contributed by atoms with E-state index in [1.807, 2.05) is 36.1 Å². The third-order valence-electron chi connectivity index (χ3n) is 7.10. The van der Waals surface area contributed by atoms with Crippen molar-refractivity contribution in [3.05, 3.63) is 52.4 Å². The van der Waals surface area contributed by atoms with E-state index in [-0.39, 0.29) is 17.1 Å². The Balaban J connectivity index is 1.82. The minimum atomic E-state index is -0.392. The summed E-state index contributed by atoms with van der Waals surface area (Å²) in [5, 5.41) is 3.50. The number of ether oxygens (including phenoxy) is 1. The number of para-hydroxylation sites is 1. The zero-order valence-corrected chi connectivity index (χ0v) is 20.6. The number of carbonyl (C=O) groups is 2. The topological polar surface area (TPSA) is 58.6 Å². The molecule has 0 aromatic heterocycles. The second-order valence-electron chi connectivity index (χ2n) is 10.5. The molecule has 2 heterocycles. The number of rotatable bonds is 6. The Morgan fingerprint density at radius 2 is 1.88 bits per heavy atom. The molecule has 1 N–H and O–H groups in total. The lowest BCUT2D eigenvalue weighted by Crippen LogP contribution is -2.43. The van der Waals surface area contributed by atoms with E-state index < -0.39 is 5.92 Å². The highest BCUT2D eigenvalue weighted by Gasteiger charge is 2.44. The highest BCUT2D eigenvalue weighted by Crippen LogP contribution is 2.48. The average Bonchev–Trinajstić information content (AvgIpc) is 2.78. The van der Waals surface area contributed by atoms with Crippen LogP contribution in [0.2, 0.25) is 0 Å². The molecule has 1 aromatic rings. The number of amides is 1. The molecule has 178 valence electrons. The average molecular weight is 451 g/mol. The van der Waals surface area contributed by atoms with Crippen molar-refractivity contribution in [2.24, 2.45) is 5.41 Å². The van der Waals surface area contributed by atoms with Crippen LogP contribution < -0.4 is 10.1 Å². The van der Waals surface area contributed by atoms with Crippen molar-refractivity contribution in [2.45, 2.75) is 78.6 Å². The van der Waals surface area contributed by atoms with Gasteiger partial charge in [0.2, 0.25) is 0 Å². The molecule has 0 saturated carbocycles. The molecule has 1 saturated heterocycles. The van der Waals surface area contributed by atoms with E-state index in [2.05, 4.69) is 26.1 Å². The normalized spacial score (nSPS) is 22.7. The Bertz CT molecular complexity index is 983. The summed E-state index contributed by atoms with van der Waals surface area (Å²) in [6.45, 7) is 10.6. The number of likely N-dealkylation sites (tertiary alicyclic amines) is 1. The maximum absolute atomic E-state index is 13.9. The largest absolute Gasteiger partial charge is 0.493 e. The number of hydrogen-bond donors (Lipinski definition) is 1. The number of dihydropyridines is 1. The molecule has 1 aliphatic carbocycles. The van der Waals surface area contributed by atoms with Crippen LogP contribution >= 0.6 is 0 Å². The fourth-order valence-corrected chi connectivity index (χ4v) is 5.47. The van der Waals surface area contributed by atoms with Crippen LogP contribution in [-0.2, 0) is 9.59 Å². The number of allylic oxidation sites excluding steroid dienone is 3. The van der Waals surface area contributed by atoms with Gasteiger partial charge in [-0.1, -0.05) is 45.4 Å². The molecule has 1 fully saturated rings. The monoisotopic (exact) mass is 450 g/mol. The Hall–Kier alpha value is -2.56. The van der Waals surface area contributed by atoms with Gasteiger partial charge >= 0.3 is 0 Å². The molecule has 2 aliphatic heterocycles. The fourth-order valence-electron chi connectivity index (χ4n) is 5.47. The van der Waals surface area contributed by atoms with Crippen molar-refractivity contribution in [3.8, 4) is 5.75 Å². The van der Waals surface area contributed by atoms with Crippen LogP contribution in [-0.4, -0.2) is 36.3 Å². The maximum atomic E-state index is 13.9. The number of carbonyl (C=O) groups excluding carboxylic acids is 2. The van der Waals surface area contributed by atoms with Crippen molar-refractivity contribution in [1.82, 2.24) is 10.2 Å². The molecule has 33 heavy (non-hydrogen) atoms. The van der Waals surface area contributed by atoms with Gasteiger partial charge in [-0.05, 0) is 50.5 Å². The summed E-state index contributed by atoms with van der Waals surface area (Å²) in [5.74, 6) is 0.576. The van der Waals surface area contributed by atoms with Gasteiger partial charge in [-0.15, -0.1) is 0 Å². The first-order valence-corrected chi connectivity index (χ1v) is 12.6. The smallest absolute Gasteiger partial charge is 0.252 e. The minimum Gasteiger partial charge on any atom is -0.493 e. The number of piperidine rings is 1. The van der Waals surface area contributed by atoms with Gasteiger partial charge in [0.15, 0.2) is 5.78 Å². The number of nitrogens with one attached hydrogen (secondary N) is 1. The van der Waals surface area contributed by atoms with E-state index in [4.69, 9.17) is 4.74 Å². The molecule has 5 heteroatoms. The standard InChI is InChI=1S/C28H38N2O3/c1-5-6-16-33-23-13-9-8-12-20(23)25-24(27(32)30-14-10-7-11-15-30)19(2)29-21-17-28(3,4)18-22(31)26(21)25/h8-9,12-13,25,29H,5-7,10-11,14-18H2,1-4H3. The first-order valence-electron chi connectivity index (χ1n) is 12.6. The van der Waals surface area contributed by atoms with E-state index >= 15 is 0 Å². The Morgan fingerprint density at radius 1 is 1.15 bits per heavy atom. The fraction of sp³-hybridized carbons (Fsp3) is 0.571. The molecular formula is C28H38N2O3. The third kappa shape index (κ3) is 4.87. The number of nitrogens with zero attached hydrogens (tertiary/aromatic N) is 1. The van der Waals surface area contributed by atoms with Gasteiger partial charge in [0, 0.05) is 47.6 Å². The molecule has 1 unspecified atom stereocenters. The van der Waals surface area contributed by atoms with E-state index in [0.29, 0.717) is 18.6 Å². The predicted octanol–water partition coefficient (Wildman–Crippen LogP) is 5.48. The van der Waals surface area contributed by atoms with Crippen molar-refractivity contribution in [2.75, 3.05) is 19.7 Å². The Labute approximate surface area is 198 Å². The summed E-state index contributed by atoms with van der Waals surface area (Å²) < 4.78 is 6.19. The third-order valence-corrected chi connectivity index (χ3v) is 7.10. The summed E-state index contributed by atoms with van der Waals surface area (Å²) in [4.78, 5) is 29.4. The number of unbranched alkanes of at least 4 members (excludes halogenated alkanes) is 1. The van der Waals surface area contributed by atoms with E-state index in [9.17, 15) is 9.59 Å². The molecular weight excluding hydrogens is 412 g/mol. The second kappa shape index (κ2) is 9.74. The summed E-state index contributed by atoms with van der Waals surface area (Å²) in [6, 6.07) is 7.96. The summed E-state index contributed by atoms with van der Waals surface area (Å²) in [5.41, 5.74) is 4.12. The van der Waals surface area contributed by atoms with Crippen molar-refractivity contribution in [3.63, 3.8) is 0 Å². The number of benzene rings is 1. The molecule has 3 aliphatic rings. The zero-order valence-electron chi connectivity index (χ0n) is 20.6. The van der Waals surface area contributed by atoms with Gasteiger partial charge in [-0.3, -0.25) is 9.59 Å². The molecule has 1 atom stereocenters. The zero-order chi connectivity index (χ0) is 23.6. The van der Waals surface area contributed by atoms with Crippen molar-refractivity contribution >= 4 is 11.7 Å². The quantitative estimate of drug-likeness (QED) is 0.583. The molecule has 0 spiro atoms. The summed E-state index contributed by atoms with van der Waals surface area (Å²) >= 11 is 0. The first kappa shape index (κ1) is 23.6. The predicted molar refractivity (Wildman–Crippen MR) is 131 cm³/mol. The van der Waals surface area contributed by atoms with Crippen LogP contribution in [0.1, 0.15) is 84.1 Å². The Kier molecular flexibility index (Phi) is 6.96. The number of Topliss-reactive ketones (excluding diaryl/α,β-unsaturated/α-hetero) is 1. The second-order valence-corrected chi connectivity index (χ2v) is 10.5. The lowest BCUT2D eigenvalue weighted by molar-refractivity contribution is -0.128. The minimum absolute atomic E-state index is 0.0530. The lowest BCUT2D eigenvalue weighted by atomic mass is 9.68. The van der Waals surface area contributed by atoms with Crippen LogP contribution in [0, 0.1) is 5.41 Å². The van der Waals surface area contributed by atoms with E-state index in [0.717, 1.165) is 73.5 Å². The maximum Gasteiger partial charge on any atom is 0.252 e. The van der Waals surface area contributed by atoms with Crippen LogP contribution in [0.25, 0.3) is 0 Å². The summed E-state index contributed by atoms with van der Waals surface area (Å²) in [6.07, 6.45) is 6.55. The van der Waals surface area contributed by atoms with Crippen LogP contribution in [0.4, 0.5) is 0 Å². The molecule has 0 bridgehead atoms. The van der Waals surface area contributed by atoms with Gasteiger partial charge in [0.25, 0.3) is 5.91 Å². The van der Waals surface area contributed by atoms with E-state index in [1.165, 1.54) is 6.42 Å². The highest BCUT2D eigenvalue weighted by molar-refractivity contribution is 6.05. The van der Waals surface area contributed by atoms with Gasteiger partial charge in [0.1, 0.15) is 5.75 Å². The van der Waals surface area contributed by atoms with Gasteiger partial charge in [-0.25, -0.2) is 0 Å². The van der Waals surface area contributed by atoms with Gasteiger partial charge in [0.05, 0.1) is 12.5 Å². The lowest BCUT2D eigenvalue weighted by Gasteiger charge is -2.41. The summed E-state index contributed by atoms with van der Waals surface area (Å²) in [7, 11) is 0. The molecule has 1 aromatic carbocycles. The van der Waals surface area contributed by atoms with Crippen molar-refractivity contribution in [1.29, 1.82) is 0 Å². The van der Waals surface area contributed by atoms with E-state index in [1.54, 1.807) is 0 Å². The SMILES string of the molecule is CCCCOc1ccccc1C1C(C(=O)N2CCCCC2)=C(C)NC2=C1C(=O)CC(C)(C)C2. The Morgan fingerprint density at radius 3 is 2.61 bits per heavy atom. The first-order chi connectivity index (χ1) is 15.8. The van der Waals surface area contributed by atoms with Crippen LogP contribution in [0.5, 0.6) is 5.75 Å². The number of ketones is 1. The molecule has 5 nitrogen and oxygen atoms in total. The van der Waals surface area contributed by atoms with Gasteiger partial charge < -0.3 is 15.0 Å². The van der Waals surface area contributed by atoms with Crippen molar-refractivity contribution < 1.29 is 14.3 Å². The molecule has 0 radical (unpaired) electrons. The van der Waals surface area contributed by atoms with Crippen LogP contribution in [0.15, 0.2) is 46.8 Å². The molecule has 1 amide bonds. The molecule has 4 rings (SSSR count). The van der Waals surface area contributed by atoms with Crippen LogP contribution in [0.3, 0.4) is 0 Å².